The second-order valence-corrected chi connectivity index (χ2v) is 8.88. The summed E-state index contributed by atoms with van der Waals surface area (Å²) in [4.78, 5) is 24.1. The predicted molar refractivity (Wildman–Crippen MR) is 116 cm³/mol. The summed E-state index contributed by atoms with van der Waals surface area (Å²) >= 11 is 0. The monoisotopic (exact) mass is 396 g/mol. The van der Waals surface area contributed by atoms with Crippen molar-refractivity contribution in [1.82, 2.24) is 10.9 Å². The Kier molecular flexibility index (Phi) is 7.07. The van der Waals surface area contributed by atoms with Gasteiger partial charge in [0.1, 0.15) is 5.75 Å². The van der Waals surface area contributed by atoms with Crippen LogP contribution < -0.4 is 15.6 Å². The Morgan fingerprint density at radius 2 is 1.38 bits per heavy atom. The summed E-state index contributed by atoms with van der Waals surface area (Å²) in [6, 6.07) is 15.1. The fourth-order valence-corrected chi connectivity index (χ4v) is 2.71. The lowest BCUT2D eigenvalue weighted by molar-refractivity contribution is -0.123. The Balaban J connectivity index is 1.81. The van der Waals surface area contributed by atoms with Crippen molar-refractivity contribution in [2.45, 2.75) is 58.8 Å². The van der Waals surface area contributed by atoms with Crippen LogP contribution in [0.4, 0.5) is 0 Å². The van der Waals surface area contributed by atoms with Crippen molar-refractivity contribution in [2.75, 3.05) is 6.61 Å². The van der Waals surface area contributed by atoms with Crippen molar-refractivity contribution in [1.29, 1.82) is 0 Å². The van der Waals surface area contributed by atoms with Crippen LogP contribution in [0.5, 0.6) is 5.75 Å². The number of carbonyl (C=O) groups excluding carboxylic acids is 2. The van der Waals surface area contributed by atoms with Gasteiger partial charge < -0.3 is 4.74 Å². The average Bonchev–Trinajstić information content (AvgIpc) is 2.70. The van der Waals surface area contributed by atoms with Gasteiger partial charge in [-0.25, -0.2) is 0 Å². The highest BCUT2D eigenvalue weighted by Crippen LogP contribution is 2.28. The minimum atomic E-state index is -0.428. The van der Waals surface area contributed by atoms with Gasteiger partial charge in [0, 0.05) is 5.56 Å². The van der Waals surface area contributed by atoms with Crippen LogP contribution in [0.3, 0.4) is 0 Å². The number of nitrogens with one attached hydrogen (secondary N) is 2. The number of hydrogen-bond donors (Lipinski definition) is 2. The first-order valence-electron chi connectivity index (χ1n) is 9.96. The van der Waals surface area contributed by atoms with Crippen molar-refractivity contribution < 1.29 is 14.3 Å². The summed E-state index contributed by atoms with van der Waals surface area (Å²) in [7, 11) is 0. The third-order valence-corrected chi connectivity index (χ3v) is 5.22. The lowest BCUT2D eigenvalue weighted by atomic mass is 9.82. The normalized spacial score (nSPS) is 11.7. The van der Waals surface area contributed by atoms with E-state index in [1.807, 2.05) is 36.4 Å². The van der Waals surface area contributed by atoms with Gasteiger partial charge in [-0.15, -0.1) is 0 Å². The van der Waals surface area contributed by atoms with E-state index in [2.05, 4.69) is 52.4 Å². The van der Waals surface area contributed by atoms with Crippen LogP contribution in [0.1, 0.15) is 69.4 Å². The molecule has 0 unspecified atom stereocenters. The molecular weight excluding hydrogens is 364 g/mol. The molecule has 0 aromatic heterocycles. The number of amides is 2. The molecular formula is C24H32N2O3. The molecule has 0 aliphatic heterocycles. The van der Waals surface area contributed by atoms with Crippen LogP contribution in [0.15, 0.2) is 48.5 Å². The topological polar surface area (TPSA) is 67.4 Å². The molecule has 156 valence electrons. The van der Waals surface area contributed by atoms with Crippen LogP contribution in [0, 0.1) is 0 Å². The zero-order valence-corrected chi connectivity index (χ0v) is 18.3. The number of carbonyl (C=O) groups is 2. The van der Waals surface area contributed by atoms with Crippen LogP contribution in [-0.4, -0.2) is 18.4 Å². The van der Waals surface area contributed by atoms with Crippen molar-refractivity contribution in [3.63, 3.8) is 0 Å². The summed E-state index contributed by atoms with van der Waals surface area (Å²) in [6.45, 7) is 12.7. The van der Waals surface area contributed by atoms with Gasteiger partial charge in [-0.05, 0) is 52.6 Å². The minimum absolute atomic E-state index is 0.0189. The van der Waals surface area contributed by atoms with E-state index >= 15 is 0 Å². The van der Waals surface area contributed by atoms with E-state index in [4.69, 9.17) is 4.74 Å². The van der Waals surface area contributed by atoms with Gasteiger partial charge >= 0.3 is 0 Å². The Bertz CT molecular complexity index is 832. The number of rotatable bonds is 6. The van der Waals surface area contributed by atoms with Crippen molar-refractivity contribution in [3.05, 3.63) is 65.2 Å². The number of hydrazine groups is 1. The maximum atomic E-state index is 12.2. The van der Waals surface area contributed by atoms with E-state index in [0.29, 0.717) is 11.3 Å². The van der Waals surface area contributed by atoms with Gasteiger partial charge in [0.25, 0.3) is 11.8 Å². The molecule has 0 atom stereocenters. The van der Waals surface area contributed by atoms with E-state index in [1.165, 1.54) is 5.56 Å². The van der Waals surface area contributed by atoms with E-state index < -0.39 is 5.91 Å². The summed E-state index contributed by atoms with van der Waals surface area (Å²) in [5.74, 6) is -0.188. The molecule has 0 heterocycles. The summed E-state index contributed by atoms with van der Waals surface area (Å²) in [6.07, 6.45) is 1.04. The fourth-order valence-electron chi connectivity index (χ4n) is 2.71. The Hall–Kier alpha value is -2.82. The zero-order valence-electron chi connectivity index (χ0n) is 18.3. The third-order valence-electron chi connectivity index (χ3n) is 5.22. The quantitative estimate of drug-likeness (QED) is 0.706. The highest BCUT2D eigenvalue weighted by Gasteiger charge is 2.18. The summed E-state index contributed by atoms with van der Waals surface area (Å²) in [5.41, 5.74) is 7.75. The molecule has 0 spiro atoms. The molecule has 0 saturated carbocycles. The molecule has 2 rings (SSSR count). The second-order valence-electron chi connectivity index (χ2n) is 8.88. The van der Waals surface area contributed by atoms with Crippen LogP contribution in [0.2, 0.25) is 0 Å². The van der Waals surface area contributed by atoms with Crippen molar-refractivity contribution >= 4 is 11.8 Å². The predicted octanol–water partition coefficient (Wildman–Crippen LogP) is 4.51. The molecule has 2 aromatic rings. The van der Waals surface area contributed by atoms with E-state index in [1.54, 1.807) is 12.1 Å². The number of hydrogen-bond acceptors (Lipinski definition) is 3. The van der Waals surface area contributed by atoms with Gasteiger partial charge in [-0.3, -0.25) is 20.4 Å². The van der Waals surface area contributed by atoms with E-state index in [9.17, 15) is 9.59 Å². The summed E-state index contributed by atoms with van der Waals surface area (Å²) < 4.78 is 5.50. The van der Waals surface area contributed by atoms with Gasteiger partial charge in [0.05, 0.1) is 0 Å². The number of benzene rings is 2. The number of ether oxygens (including phenoxy) is 1. The van der Waals surface area contributed by atoms with Crippen molar-refractivity contribution in [3.8, 4) is 5.75 Å². The molecule has 0 fully saturated rings. The van der Waals surface area contributed by atoms with Crippen LogP contribution >= 0.6 is 0 Å². The summed E-state index contributed by atoms with van der Waals surface area (Å²) in [5, 5.41) is 0. The zero-order chi connectivity index (χ0) is 21.7. The molecule has 5 heteroatoms. The largest absolute Gasteiger partial charge is 0.484 e. The molecule has 2 N–H and O–H groups in total. The van der Waals surface area contributed by atoms with E-state index in [0.717, 1.165) is 12.0 Å². The molecule has 2 amide bonds. The Labute approximate surface area is 173 Å². The second kappa shape index (κ2) is 9.12. The third kappa shape index (κ3) is 6.34. The van der Waals surface area contributed by atoms with Crippen LogP contribution in [-0.2, 0) is 15.6 Å². The fraction of sp³-hybridized carbons (Fsp3) is 0.417. The lowest BCUT2D eigenvalue weighted by Gasteiger charge is -2.23. The average molecular weight is 397 g/mol. The molecule has 5 nitrogen and oxygen atoms in total. The Morgan fingerprint density at radius 3 is 1.90 bits per heavy atom. The lowest BCUT2D eigenvalue weighted by Crippen LogP contribution is -2.43. The van der Waals surface area contributed by atoms with E-state index in [-0.39, 0.29) is 23.3 Å². The maximum absolute atomic E-state index is 12.2. The van der Waals surface area contributed by atoms with Gasteiger partial charge in [0.2, 0.25) is 0 Å². The maximum Gasteiger partial charge on any atom is 0.276 e. The van der Waals surface area contributed by atoms with Crippen molar-refractivity contribution in [2.24, 2.45) is 0 Å². The first-order chi connectivity index (χ1) is 13.5. The Morgan fingerprint density at radius 1 is 0.828 bits per heavy atom. The van der Waals surface area contributed by atoms with Gasteiger partial charge in [-0.1, -0.05) is 65.8 Å². The minimum Gasteiger partial charge on any atom is -0.484 e. The standard InChI is InChI=1S/C24H32N2O3/c1-7-24(5,6)19-12-14-20(15-13-19)29-16-21(27)25-26-22(28)17-8-10-18(11-9-17)23(2,3)4/h8-15H,7,16H2,1-6H3,(H,25,27)(H,26,28). The first-order valence-corrected chi connectivity index (χ1v) is 9.96. The highest BCUT2D eigenvalue weighted by atomic mass is 16.5. The molecule has 0 aliphatic carbocycles. The molecule has 0 bridgehead atoms. The molecule has 0 saturated heterocycles. The molecule has 0 aliphatic rings. The molecule has 2 aromatic carbocycles. The van der Waals surface area contributed by atoms with Gasteiger partial charge in [-0.2, -0.15) is 0 Å². The molecule has 0 radical (unpaired) electrons. The smallest absolute Gasteiger partial charge is 0.276 e. The SMILES string of the molecule is CCC(C)(C)c1ccc(OCC(=O)NNC(=O)c2ccc(C(C)(C)C)cc2)cc1. The van der Waals surface area contributed by atoms with Crippen LogP contribution in [0.25, 0.3) is 0 Å². The highest BCUT2D eigenvalue weighted by molar-refractivity contribution is 5.95. The molecule has 29 heavy (non-hydrogen) atoms. The first kappa shape index (κ1) is 22.5. The van der Waals surface area contributed by atoms with Gasteiger partial charge in [0.15, 0.2) is 6.61 Å².